The van der Waals surface area contributed by atoms with Crippen molar-refractivity contribution < 1.29 is 14.3 Å². The summed E-state index contributed by atoms with van der Waals surface area (Å²) >= 11 is 0. The third kappa shape index (κ3) is 7.10. The van der Waals surface area contributed by atoms with E-state index < -0.39 is 6.09 Å². The van der Waals surface area contributed by atoms with Gasteiger partial charge in [0, 0.05) is 13.5 Å². The maximum atomic E-state index is 11.4. The lowest BCUT2D eigenvalue weighted by molar-refractivity contribution is -0.111. The molecule has 0 aromatic heterocycles. The summed E-state index contributed by atoms with van der Waals surface area (Å²) in [4.78, 5) is 22.5. The molecule has 0 saturated carbocycles. The van der Waals surface area contributed by atoms with Crippen LogP contribution >= 0.6 is 0 Å². The monoisotopic (exact) mass is 291 g/mol. The minimum atomic E-state index is -0.446. The van der Waals surface area contributed by atoms with Crippen molar-refractivity contribution in [3.8, 4) is 0 Å². The Morgan fingerprint density at radius 2 is 1.95 bits per heavy atom. The van der Waals surface area contributed by atoms with E-state index in [1.54, 1.807) is 0 Å². The number of amides is 1. The Morgan fingerprint density at radius 3 is 2.57 bits per heavy atom. The van der Waals surface area contributed by atoms with Crippen molar-refractivity contribution in [2.75, 3.05) is 6.54 Å². The van der Waals surface area contributed by atoms with Gasteiger partial charge in [0.05, 0.1) is 0 Å². The fourth-order valence-electron chi connectivity index (χ4n) is 1.71. The average Bonchev–Trinajstić information content (AvgIpc) is 2.49. The molecule has 1 aromatic carbocycles. The predicted molar refractivity (Wildman–Crippen MR) is 80.8 cm³/mol. The molecule has 21 heavy (non-hydrogen) atoms. The number of ketones is 1. The highest BCUT2D eigenvalue weighted by atomic mass is 16.5. The first-order valence-electron chi connectivity index (χ1n) is 6.85. The molecule has 6 nitrogen and oxygen atoms in total. The molecular weight excluding hydrogens is 270 g/mol. The van der Waals surface area contributed by atoms with Gasteiger partial charge in [0.15, 0.2) is 5.78 Å². The number of Topliss-reactive ketones (excluding diaryl/α,β-unsaturated/α-hetero) is 1. The minimum absolute atomic E-state index is 0.118. The first kappa shape index (κ1) is 16.7. The predicted octanol–water partition coefficient (Wildman–Crippen LogP) is 1.99. The fourth-order valence-corrected chi connectivity index (χ4v) is 1.71. The molecule has 3 N–H and O–H groups in total. The van der Waals surface area contributed by atoms with Crippen LogP contribution < -0.4 is 11.2 Å². The molecule has 0 heterocycles. The van der Waals surface area contributed by atoms with Crippen molar-refractivity contribution in [3.63, 3.8) is 0 Å². The summed E-state index contributed by atoms with van der Waals surface area (Å²) in [6.07, 6.45) is 1.53. The van der Waals surface area contributed by atoms with Crippen molar-refractivity contribution in [3.05, 3.63) is 35.9 Å². The van der Waals surface area contributed by atoms with Gasteiger partial charge in [-0.15, -0.1) is 0 Å². The zero-order valence-electron chi connectivity index (χ0n) is 12.2. The summed E-state index contributed by atoms with van der Waals surface area (Å²) in [5.74, 6) is 4.99. The molecule has 0 aliphatic rings. The second kappa shape index (κ2) is 9.52. The van der Waals surface area contributed by atoms with Crippen LogP contribution in [0.2, 0.25) is 0 Å². The van der Waals surface area contributed by atoms with Crippen molar-refractivity contribution in [2.45, 2.75) is 32.8 Å². The number of hydrazone groups is 1. The van der Waals surface area contributed by atoms with Gasteiger partial charge in [0.1, 0.15) is 12.3 Å². The van der Waals surface area contributed by atoms with Gasteiger partial charge >= 0.3 is 6.09 Å². The van der Waals surface area contributed by atoms with E-state index in [1.165, 1.54) is 6.92 Å². The maximum absolute atomic E-state index is 11.4. The number of hydrogen-bond acceptors (Lipinski definition) is 5. The Morgan fingerprint density at radius 1 is 1.24 bits per heavy atom. The molecule has 0 saturated heterocycles. The van der Waals surface area contributed by atoms with Gasteiger partial charge < -0.3 is 15.9 Å². The molecule has 0 bridgehead atoms. The smallest absolute Gasteiger partial charge is 0.407 e. The van der Waals surface area contributed by atoms with Crippen LogP contribution in [0.4, 0.5) is 4.79 Å². The van der Waals surface area contributed by atoms with E-state index >= 15 is 0 Å². The number of carbonyl (C=O) groups is 2. The summed E-state index contributed by atoms with van der Waals surface area (Å²) in [5.41, 5.74) is 1.32. The van der Waals surface area contributed by atoms with Crippen LogP contribution in [0, 0.1) is 0 Å². The van der Waals surface area contributed by atoms with E-state index in [0.717, 1.165) is 18.4 Å². The molecule has 0 spiro atoms. The number of nitrogens with one attached hydrogen (secondary N) is 1. The molecule has 0 radical (unpaired) electrons. The van der Waals surface area contributed by atoms with Crippen LogP contribution in [0.5, 0.6) is 0 Å². The van der Waals surface area contributed by atoms with E-state index in [9.17, 15) is 9.59 Å². The van der Waals surface area contributed by atoms with Crippen LogP contribution in [0.1, 0.15) is 31.7 Å². The van der Waals surface area contributed by atoms with Gasteiger partial charge in [-0.2, -0.15) is 5.10 Å². The van der Waals surface area contributed by atoms with Gasteiger partial charge in [0.2, 0.25) is 0 Å². The van der Waals surface area contributed by atoms with E-state index in [-0.39, 0.29) is 12.4 Å². The average molecular weight is 291 g/mol. The lowest BCUT2D eigenvalue weighted by Crippen LogP contribution is -2.25. The normalized spacial score (nSPS) is 11.0. The van der Waals surface area contributed by atoms with Gasteiger partial charge in [-0.1, -0.05) is 30.3 Å². The highest BCUT2D eigenvalue weighted by Crippen LogP contribution is 2.01. The van der Waals surface area contributed by atoms with E-state index in [1.807, 2.05) is 30.3 Å². The number of hydrogen-bond donors (Lipinski definition) is 2. The lowest BCUT2D eigenvalue weighted by atomic mass is 10.1. The Hall–Kier alpha value is -2.37. The SMILES string of the molecule is CC(=O)C(CCCCNC(=O)OCc1ccccc1)=NN. The number of nitrogens with zero attached hydrogens (tertiary/aromatic N) is 1. The Kier molecular flexibility index (Phi) is 7.56. The fraction of sp³-hybridized carbons (Fsp3) is 0.400. The van der Waals surface area contributed by atoms with Gasteiger partial charge in [-0.3, -0.25) is 4.79 Å². The number of rotatable bonds is 8. The van der Waals surface area contributed by atoms with Gasteiger partial charge in [0.25, 0.3) is 0 Å². The molecule has 114 valence electrons. The quantitative estimate of drug-likeness (QED) is 0.331. The van der Waals surface area contributed by atoms with E-state index in [0.29, 0.717) is 18.7 Å². The number of carbonyl (C=O) groups excluding carboxylic acids is 2. The van der Waals surface area contributed by atoms with Crippen LogP contribution in [-0.2, 0) is 16.1 Å². The molecular formula is C15H21N3O3. The summed E-state index contributed by atoms with van der Waals surface area (Å²) in [7, 11) is 0. The highest BCUT2D eigenvalue weighted by Gasteiger charge is 2.05. The number of alkyl carbamates (subject to hydrolysis) is 1. The second-order valence-corrected chi connectivity index (χ2v) is 4.58. The van der Waals surface area contributed by atoms with Crippen molar-refractivity contribution >= 4 is 17.6 Å². The topological polar surface area (TPSA) is 93.8 Å². The summed E-state index contributed by atoms with van der Waals surface area (Å²) < 4.78 is 5.07. The lowest BCUT2D eigenvalue weighted by Gasteiger charge is -2.07. The second-order valence-electron chi connectivity index (χ2n) is 4.58. The largest absolute Gasteiger partial charge is 0.445 e. The molecule has 0 aliphatic carbocycles. The maximum Gasteiger partial charge on any atom is 0.407 e. The standard InChI is InChI=1S/C15H21N3O3/c1-12(19)14(18-16)9-5-6-10-17-15(20)21-11-13-7-3-2-4-8-13/h2-4,7-8H,5-6,9-11,16H2,1H3,(H,17,20). The molecule has 0 aliphatic heterocycles. The molecule has 0 unspecified atom stereocenters. The third-order valence-corrected chi connectivity index (χ3v) is 2.88. The van der Waals surface area contributed by atoms with Crippen molar-refractivity contribution in [1.82, 2.24) is 5.32 Å². The number of ether oxygens (including phenoxy) is 1. The van der Waals surface area contributed by atoms with Crippen molar-refractivity contribution in [1.29, 1.82) is 0 Å². The van der Waals surface area contributed by atoms with Crippen molar-refractivity contribution in [2.24, 2.45) is 10.9 Å². The van der Waals surface area contributed by atoms with Crippen LogP contribution in [-0.4, -0.2) is 24.1 Å². The Balaban J connectivity index is 2.10. The van der Waals surface area contributed by atoms with Crippen LogP contribution in [0.15, 0.2) is 35.4 Å². The molecule has 0 atom stereocenters. The molecule has 1 rings (SSSR count). The highest BCUT2D eigenvalue weighted by molar-refractivity contribution is 6.38. The number of unbranched alkanes of at least 4 members (excludes halogenated alkanes) is 1. The Bertz CT molecular complexity index is 486. The number of benzene rings is 1. The summed E-state index contributed by atoms with van der Waals surface area (Å²) in [6.45, 7) is 2.18. The summed E-state index contributed by atoms with van der Waals surface area (Å²) in [5, 5.41) is 6.10. The molecule has 1 amide bonds. The molecule has 6 heteroatoms. The minimum Gasteiger partial charge on any atom is -0.445 e. The van der Waals surface area contributed by atoms with E-state index in [4.69, 9.17) is 10.6 Å². The number of nitrogens with two attached hydrogens (primary N) is 1. The summed E-state index contributed by atoms with van der Waals surface area (Å²) in [6, 6.07) is 9.47. The Labute approximate surface area is 124 Å². The van der Waals surface area contributed by atoms with E-state index in [2.05, 4.69) is 10.4 Å². The first-order valence-corrected chi connectivity index (χ1v) is 6.85. The third-order valence-electron chi connectivity index (χ3n) is 2.88. The van der Waals surface area contributed by atoms with Gasteiger partial charge in [-0.25, -0.2) is 4.79 Å². The zero-order chi connectivity index (χ0) is 15.5. The zero-order valence-corrected chi connectivity index (χ0v) is 12.2. The van der Waals surface area contributed by atoms with Crippen LogP contribution in [0.25, 0.3) is 0 Å². The molecule has 0 fully saturated rings. The van der Waals surface area contributed by atoms with Crippen LogP contribution in [0.3, 0.4) is 0 Å². The molecule has 1 aromatic rings. The van der Waals surface area contributed by atoms with Gasteiger partial charge in [-0.05, 0) is 24.8 Å². The first-order chi connectivity index (χ1) is 10.1.